The molecule has 0 heterocycles. The highest BCUT2D eigenvalue weighted by Gasteiger charge is 2.23. The number of nitrogens with two attached hydrogens (primary N) is 1. The van der Waals surface area contributed by atoms with Crippen molar-refractivity contribution in [3.05, 3.63) is 23.8 Å². The van der Waals surface area contributed by atoms with Gasteiger partial charge >= 0.3 is 11.8 Å². The lowest BCUT2D eigenvalue weighted by molar-refractivity contribution is -0.143. The molecule has 0 aliphatic carbocycles. The Hall–Kier alpha value is -2.04. The summed E-state index contributed by atoms with van der Waals surface area (Å²) in [5.41, 5.74) is 7.74. The largest absolute Gasteiger partial charge is 0.397 e. The number of hydrogen-bond acceptors (Lipinski definition) is 3. The van der Waals surface area contributed by atoms with E-state index in [1.165, 1.54) is 0 Å². The molecule has 1 rings (SSSR count). The lowest BCUT2D eigenvalue weighted by atomic mass is 10.1. The minimum atomic E-state index is -0.640. The first kappa shape index (κ1) is 18.0. The molecule has 0 atom stereocenters. The Morgan fingerprint density at radius 1 is 1.14 bits per heavy atom. The van der Waals surface area contributed by atoms with Crippen LogP contribution < -0.4 is 11.1 Å². The standard InChI is InChI=1S/C17H27N3O2/c1-11(2)9-20(10-12(3)4)17(22)16(21)19-15-8-13(5)6-7-14(15)18/h6-8,11-12H,9-10,18H2,1-5H3,(H,19,21). The van der Waals surface area contributed by atoms with Crippen LogP contribution in [0.5, 0.6) is 0 Å². The van der Waals surface area contributed by atoms with Crippen molar-refractivity contribution in [1.82, 2.24) is 4.90 Å². The predicted octanol–water partition coefficient (Wildman–Crippen LogP) is 2.66. The summed E-state index contributed by atoms with van der Waals surface area (Å²) in [5, 5.41) is 2.62. The van der Waals surface area contributed by atoms with E-state index in [9.17, 15) is 9.59 Å². The highest BCUT2D eigenvalue weighted by atomic mass is 16.2. The van der Waals surface area contributed by atoms with Crippen LogP contribution in [0.1, 0.15) is 33.3 Å². The number of carbonyl (C=O) groups excluding carboxylic acids is 2. The molecular weight excluding hydrogens is 278 g/mol. The monoisotopic (exact) mass is 305 g/mol. The minimum absolute atomic E-state index is 0.305. The number of rotatable bonds is 5. The van der Waals surface area contributed by atoms with Crippen LogP contribution in [-0.2, 0) is 9.59 Å². The zero-order chi connectivity index (χ0) is 16.9. The van der Waals surface area contributed by atoms with Crippen LogP contribution in [0, 0.1) is 18.8 Å². The molecule has 0 saturated carbocycles. The number of anilines is 2. The second-order valence-corrected chi connectivity index (χ2v) is 6.54. The number of hydrogen-bond donors (Lipinski definition) is 2. The maximum atomic E-state index is 12.4. The lowest BCUT2D eigenvalue weighted by Crippen LogP contribution is -2.43. The fourth-order valence-corrected chi connectivity index (χ4v) is 2.22. The van der Waals surface area contributed by atoms with Gasteiger partial charge in [0.25, 0.3) is 0 Å². The van der Waals surface area contributed by atoms with E-state index in [2.05, 4.69) is 5.32 Å². The number of carbonyl (C=O) groups is 2. The van der Waals surface area contributed by atoms with Gasteiger partial charge in [-0.05, 0) is 36.5 Å². The normalized spacial score (nSPS) is 10.9. The van der Waals surface area contributed by atoms with Gasteiger partial charge in [-0.15, -0.1) is 0 Å². The zero-order valence-corrected chi connectivity index (χ0v) is 14.1. The minimum Gasteiger partial charge on any atom is -0.397 e. The average Bonchev–Trinajstić information content (AvgIpc) is 2.40. The topological polar surface area (TPSA) is 75.4 Å². The van der Waals surface area contributed by atoms with E-state index >= 15 is 0 Å². The van der Waals surface area contributed by atoms with Gasteiger partial charge in [0.1, 0.15) is 0 Å². The third kappa shape index (κ3) is 5.39. The van der Waals surface area contributed by atoms with Crippen LogP contribution in [0.3, 0.4) is 0 Å². The zero-order valence-electron chi connectivity index (χ0n) is 14.1. The van der Waals surface area contributed by atoms with Crippen molar-refractivity contribution in [3.8, 4) is 0 Å². The molecular formula is C17H27N3O2. The van der Waals surface area contributed by atoms with Gasteiger partial charge in [-0.2, -0.15) is 0 Å². The van der Waals surface area contributed by atoms with Crippen LogP contribution in [0.25, 0.3) is 0 Å². The van der Waals surface area contributed by atoms with Gasteiger partial charge in [-0.1, -0.05) is 33.8 Å². The quantitative estimate of drug-likeness (QED) is 0.648. The van der Waals surface area contributed by atoms with Crippen LogP contribution >= 0.6 is 0 Å². The molecule has 1 aromatic carbocycles. The van der Waals surface area contributed by atoms with Crippen LogP contribution in [0.2, 0.25) is 0 Å². The number of nitrogens with zero attached hydrogens (tertiary/aromatic N) is 1. The van der Waals surface area contributed by atoms with Gasteiger partial charge in [0.05, 0.1) is 11.4 Å². The Morgan fingerprint density at radius 2 is 1.68 bits per heavy atom. The highest BCUT2D eigenvalue weighted by Crippen LogP contribution is 2.19. The summed E-state index contributed by atoms with van der Waals surface area (Å²) in [5.74, 6) is -0.541. The average molecular weight is 305 g/mol. The second kappa shape index (κ2) is 7.82. The Bertz CT molecular complexity index is 529. The van der Waals surface area contributed by atoms with Crippen molar-refractivity contribution in [3.63, 3.8) is 0 Å². The Morgan fingerprint density at radius 3 is 2.18 bits per heavy atom. The molecule has 3 N–H and O–H groups in total. The Labute approximate surface area is 132 Å². The van der Waals surface area contributed by atoms with E-state index in [-0.39, 0.29) is 0 Å². The molecule has 0 bridgehead atoms. The van der Waals surface area contributed by atoms with Crippen molar-refractivity contribution in [1.29, 1.82) is 0 Å². The number of benzene rings is 1. The number of nitrogen functional groups attached to an aromatic ring is 1. The summed E-state index contributed by atoms with van der Waals surface area (Å²) in [6.45, 7) is 11.1. The molecule has 122 valence electrons. The highest BCUT2D eigenvalue weighted by molar-refractivity contribution is 6.39. The molecule has 2 amide bonds. The first-order valence-corrected chi connectivity index (χ1v) is 7.67. The van der Waals surface area contributed by atoms with Gasteiger partial charge in [0.2, 0.25) is 0 Å². The van der Waals surface area contributed by atoms with Gasteiger partial charge in [-0.25, -0.2) is 0 Å². The third-order valence-electron chi connectivity index (χ3n) is 3.11. The third-order valence-corrected chi connectivity index (χ3v) is 3.11. The molecule has 0 unspecified atom stereocenters. The number of amides is 2. The summed E-state index contributed by atoms with van der Waals surface area (Å²) in [4.78, 5) is 26.2. The van der Waals surface area contributed by atoms with E-state index in [4.69, 9.17) is 5.73 Å². The fourth-order valence-electron chi connectivity index (χ4n) is 2.22. The molecule has 0 fully saturated rings. The maximum Gasteiger partial charge on any atom is 0.313 e. The first-order chi connectivity index (χ1) is 10.2. The lowest BCUT2D eigenvalue weighted by Gasteiger charge is -2.25. The van der Waals surface area contributed by atoms with E-state index in [1.54, 1.807) is 17.0 Å². The summed E-state index contributed by atoms with van der Waals surface area (Å²) in [6.07, 6.45) is 0. The number of nitrogens with one attached hydrogen (secondary N) is 1. The fraction of sp³-hybridized carbons (Fsp3) is 0.529. The Balaban J connectivity index is 2.84. The van der Waals surface area contributed by atoms with Crippen molar-refractivity contribution in [2.45, 2.75) is 34.6 Å². The van der Waals surface area contributed by atoms with Crippen LogP contribution in [0.15, 0.2) is 18.2 Å². The maximum absolute atomic E-state index is 12.4. The first-order valence-electron chi connectivity index (χ1n) is 7.67. The predicted molar refractivity (Wildman–Crippen MR) is 90.5 cm³/mol. The van der Waals surface area contributed by atoms with Crippen molar-refractivity contribution < 1.29 is 9.59 Å². The number of aryl methyl sites for hydroxylation is 1. The van der Waals surface area contributed by atoms with Gasteiger partial charge in [-0.3, -0.25) is 9.59 Å². The molecule has 0 radical (unpaired) electrons. The summed E-state index contributed by atoms with van der Waals surface area (Å²) in [7, 11) is 0. The van der Waals surface area contributed by atoms with E-state index in [0.717, 1.165) is 5.56 Å². The summed E-state index contributed by atoms with van der Waals surface area (Å²) < 4.78 is 0. The molecule has 5 nitrogen and oxygen atoms in total. The second-order valence-electron chi connectivity index (χ2n) is 6.54. The summed E-state index contributed by atoms with van der Waals surface area (Å²) >= 11 is 0. The molecule has 0 spiro atoms. The van der Waals surface area contributed by atoms with Gasteiger partial charge < -0.3 is 16.0 Å². The van der Waals surface area contributed by atoms with E-state index in [1.807, 2.05) is 40.7 Å². The van der Waals surface area contributed by atoms with Crippen molar-refractivity contribution >= 4 is 23.2 Å². The van der Waals surface area contributed by atoms with E-state index < -0.39 is 11.8 Å². The van der Waals surface area contributed by atoms with Crippen molar-refractivity contribution in [2.24, 2.45) is 11.8 Å². The van der Waals surface area contributed by atoms with Crippen LogP contribution in [-0.4, -0.2) is 29.8 Å². The van der Waals surface area contributed by atoms with Crippen LogP contribution in [0.4, 0.5) is 11.4 Å². The van der Waals surface area contributed by atoms with Gasteiger partial charge in [0.15, 0.2) is 0 Å². The molecule has 5 heteroatoms. The molecule has 22 heavy (non-hydrogen) atoms. The molecule has 0 aliphatic rings. The van der Waals surface area contributed by atoms with Crippen molar-refractivity contribution in [2.75, 3.05) is 24.1 Å². The smallest absolute Gasteiger partial charge is 0.313 e. The molecule has 0 saturated heterocycles. The SMILES string of the molecule is Cc1ccc(N)c(NC(=O)C(=O)N(CC(C)C)CC(C)C)c1. The molecule has 0 aliphatic heterocycles. The van der Waals surface area contributed by atoms with Gasteiger partial charge in [0, 0.05) is 13.1 Å². The molecule has 1 aromatic rings. The Kier molecular flexibility index (Phi) is 6.40. The van der Waals surface area contributed by atoms with E-state index in [0.29, 0.717) is 36.3 Å². The molecule has 0 aromatic heterocycles. The summed E-state index contributed by atoms with van der Waals surface area (Å²) in [6, 6.07) is 5.34.